The van der Waals surface area contributed by atoms with Crippen molar-refractivity contribution in [3.05, 3.63) is 11.7 Å². The lowest BCUT2D eigenvalue weighted by molar-refractivity contribution is 0.244. The number of hydrogen-bond acceptors (Lipinski definition) is 5. The molecule has 0 fully saturated rings. The van der Waals surface area contributed by atoms with Gasteiger partial charge in [0.05, 0.1) is 6.54 Å². The van der Waals surface area contributed by atoms with E-state index in [4.69, 9.17) is 4.52 Å². The standard InChI is InChI=1S/C14H28N4O/c1-7-8-15-11(14(2,3)4)9-13-16-12(17-19-13)10-18(5)6/h11,15H,7-10H2,1-6H3. The average Bonchev–Trinajstić information content (AvgIpc) is 2.69. The van der Waals surface area contributed by atoms with Gasteiger partial charge < -0.3 is 14.7 Å². The Morgan fingerprint density at radius 3 is 2.53 bits per heavy atom. The molecular weight excluding hydrogens is 240 g/mol. The molecule has 1 unspecified atom stereocenters. The first kappa shape index (κ1) is 16.1. The summed E-state index contributed by atoms with van der Waals surface area (Å²) in [5, 5.41) is 7.59. The first-order valence-electron chi connectivity index (χ1n) is 7.02. The fourth-order valence-corrected chi connectivity index (χ4v) is 1.90. The van der Waals surface area contributed by atoms with E-state index in [-0.39, 0.29) is 5.41 Å². The molecule has 110 valence electrons. The van der Waals surface area contributed by atoms with Crippen LogP contribution in [-0.2, 0) is 13.0 Å². The summed E-state index contributed by atoms with van der Waals surface area (Å²) in [6.45, 7) is 10.6. The Kier molecular flexibility index (Phi) is 5.94. The lowest BCUT2D eigenvalue weighted by atomic mass is 9.84. The molecule has 0 bridgehead atoms. The average molecular weight is 268 g/mol. The molecule has 19 heavy (non-hydrogen) atoms. The van der Waals surface area contributed by atoms with Gasteiger partial charge in [-0.3, -0.25) is 0 Å². The minimum atomic E-state index is 0.172. The summed E-state index contributed by atoms with van der Waals surface area (Å²) in [7, 11) is 3.99. The van der Waals surface area contributed by atoms with E-state index >= 15 is 0 Å². The highest BCUT2D eigenvalue weighted by molar-refractivity contribution is 4.93. The van der Waals surface area contributed by atoms with Gasteiger partial charge >= 0.3 is 0 Å². The summed E-state index contributed by atoms with van der Waals surface area (Å²) in [6, 6.07) is 0.347. The highest BCUT2D eigenvalue weighted by Crippen LogP contribution is 2.22. The van der Waals surface area contributed by atoms with E-state index in [1.54, 1.807) is 0 Å². The van der Waals surface area contributed by atoms with Crippen molar-refractivity contribution in [2.45, 2.75) is 53.1 Å². The summed E-state index contributed by atoms with van der Waals surface area (Å²) in [4.78, 5) is 6.49. The number of nitrogens with zero attached hydrogens (tertiary/aromatic N) is 3. The van der Waals surface area contributed by atoms with E-state index in [9.17, 15) is 0 Å². The van der Waals surface area contributed by atoms with E-state index < -0.39 is 0 Å². The molecule has 0 aliphatic heterocycles. The molecule has 0 spiro atoms. The number of hydrogen-bond donors (Lipinski definition) is 1. The second-order valence-electron chi connectivity index (χ2n) is 6.42. The van der Waals surface area contributed by atoms with Crippen LogP contribution >= 0.6 is 0 Å². The lowest BCUT2D eigenvalue weighted by Gasteiger charge is -2.30. The fourth-order valence-electron chi connectivity index (χ4n) is 1.90. The number of rotatable bonds is 7. The van der Waals surface area contributed by atoms with Gasteiger partial charge in [-0.2, -0.15) is 4.98 Å². The van der Waals surface area contributed by atoms with Crippen LogP contribution in [0.3, 0.4) is 0 Å². The van der Waals surface area contributed by atoms with E-state index in [1.165, 1.54) is 0 Å². The fraction of sp³-hybridized carbons (Fsp3) is 0.857. The van der Waals surface area contributed by atoms with Crippen molar-refractivity contribution >= 4 is 0 Å². The van der Waals surface area contributed by atoms with Gasteiger partial charge in [-0.05, 0) is 32.5 Å². The smallest absolute Gasteiger partial charge is 0.228 e. The molecule has 0 saturated heterocycles. The number of nitrogens with one attached hydrogen (secondary N) is 1. The van der Waals surface area contributed by atoms with E-state index in [2.05, 4.69) is 43.2 Å². The monoisotopic (exact) mass is 268 g/mol. The van der Waals surface area contributed by atoms with Crippen LogP contribution in [0.15, 0.2) is 4.52 Å². The molecule has 0 saturated carbocycles. The van der Waals surface area contributed by atoms with Gasteiger partial charge in [-0.1, -0.05) is 32.9 Å². The predicted octanol–water partition coefficient (Wildman–Crippen LogP) is 2.09. The molecule has 1 N–H and O–H groups in total. The molecule has 0 amide bonds. The van der Waals surface area contributed by atoms with Crippen LogP contribution in [0.25, 0.3) is 0 Å². The van der Waals surface area contributed by atoms with Crippen molar-refractivity contribution in [2.75, 3.05) is 20.6 Å². The van der Waals surface area contributed by atoms with E-state index in [0.29, 0.717) is 12.6 Å². The summed E-state index contributed by atoms with van der Waals surface area (Å²) in [5.74, 6) is 1.48. The third-order valence-corrected chi connectivity index (χ3v) is 3.03. The molecule has 1 atom stereocenters. The summed E-state index contributed by atoms with van der Waals surface area (Å²) < 4.78 is 5.34. The Balaban J connectivity index is 2.65. The van der Waals surface area contributed by atoms with E-state index in [1.807, 2.05) is 19.0 Å². The maximum atomic E-state index is 5.34. The molecule has 1 rings (SSSR count). The number of aromatic nitrogens is 2. The largest absolute Gasteiger partial charge is 0.339 e. The van der Waals surface area contributed by atoms with Crippen LogP contribution in [0.5, 0.6) is 0 Å². The minimum absolute atomic E-state index is 0.172. The third-order valence-electron chi connectivity index (χ3n) is 3.03. The van der Waals surface area contributed by atoms with Crippen molar-refractivity contribution in [1.82, 2.24) is 20.4 Å². The Morgan fingerprint density at radius 1 is 1.32 bits per heavy atom. The van der Waals surface area contributed by atoms with Crippen molar-refractivity contribution in [2.24, 2.45) is 5.41 Å². The van der Waals surface area contributed by atoms with Crippen molar-refractivity contribution in [1.29, 1.82) is 0 Å². The van der Waals surface area contributed by atoms with Gasteiger partial charge in [0.1, 0.15) is 0 Å². The van der Waals surface area contributed by atoms with Crippen LogP contribution in [0.4, 0.5) is 0 Å². The van der Waals surface area contributed by atoms with Crippen LogP contribution in [0.2, 0.25) is 0 Å². The Labute approximate surface area is 116 Å². The third kappa shape index (κ3) is 5.70. The second-order valence-corrected chi connectivity index (χ2v) is 6.42. The molecule has 1 aromatic heterocycles. The quantitative estimate of drug-likeness (QED) is 0.820. The van der Waals surface area contributed by atoms with Crippen LogP contribution < -0.4 is 5.32 Å². The van der Waals surface area contributed by atoms with Gasteiger partial charge in [0, 0.05) is 12.5 Å². The summed E-state index contributed by atoms with van der Waals surface area (Å²) in [6.07, 6.45) is 1.91. The topological polar surface area (TPSA) is 54.2 Å². The van der Waals surface area contributed by atoms with Crippen LogP contribution in [0, 0.1) is 5.41 Å². The molecule has 1 heterocycles. The molecule has 0 aliphatic carbocycles. The predicted molar refractivity (Wildman–Crippen MR) is 76.9 cm³/mol. The first-order valence-corrected chi connectivity index (χ1v) is 7.02. The molecule has 5 nitrogen and oxygen atoms in total. The molecular formula is C14H28N4O. The highest BCUT2D eigenvalue weighted by Gasteiger charge is 2.26. The van der Waals surface area contributed by atoms with Gasteiger partial charge in [0.15, 0.2) is 5.82 Å². The summed E-state index contributed by atoms with van der Waals surface area (Å²) >= 11 is 0. The van der Waals surface area contributed by atoms with Crippen LogP contribution in [0.1, 0.15) is 45.8 Å². The second kappa shape index (κ2) is 7.01. The van der Waals surface area contributed by atoms with Crippen molar-refractivity contribution in [3.63, 3.8) is 0 Å². The van der Waals surface area contributed by atoms with Crippen molar-refractivity contribution in [3.8, 4) is 0 Å². The van der Waals surface area contributed by atoms with E-state index in [0.717, 1.165) is 31.1 Å². The molecule has 5 heteroatoms. The van der Waals surface area contributed by atoms with Crippen molar-refractivity contribution < 1.29 is 4.52 Å². The zero-order chi connectivity index (χ0) is 14.5. The van der Waals surface area contributed by atoms with Gasteiger partial charge in [-0.25, -0.2) is 0 Å². The SMILES string of the molecule is CCCNC(Cc1nc(CN(C)C)no1)C(C)(C)C. The Morgan fingerprint density at radius 2 is 2.00 bits per heavy atom. The molecule has 1 aromatic rings. The summed E-state index contributed by atoms with van der Waals surface area (Å²) in [5.41, 5.74) is 0.172. The van der Waals surface area contributed by atoms with Gasteiger partial charge in [0.2, 0.25) is 5.89 Å². The lowest BCUT2D eigenvalue weighted by Crippen LogP contribution is -2.42. The molecule has 0 radical (unpaired) electrons. The normalized spacial score (nSPS) is 14.1. The van der Waals surface area contributed by atoms with Gasteiger partial charge in [0.25, 0.3) is 0 Å². The van der Waals surface area contributed by atoms with Crippen LogP contribution in [-0.4, -0.2) is 41.7 Å². The zero-order valence-electron chi connectivity index (χ0n) is 13.2. The minimum Gasteiger partial charge on any atom is -0.339 e. The zero-order valence-corrected chi connectivity index (χ0v) is 13.2. The Bertz CT molecular complexity index is 368. The Hall–Kier alpha value is -0.940. The maximum absolute atomic E-state index is 5.34. The molecule has 0 aliphatic rings. The highest BCUT2D eigenvalue weighted by atomic mass is 16.5. The first-order chi connectivity index (χ1) is 8.82. The molecule has 0 aromatic carbocycles. The maximum Gasteiger partial charge on any atom is 0.228 e. The van der Waals surface area contributed by atoms with Gasteiger partial charge in [-0.15, -0.1) is 0 Å².